The average molecular weight is 286 g/mol. The van der Waals surface area contributed by atoms with Gasteiger partial charge in [-0.3, -0.25) is 10.1 Å². The average Bonchev–Trinajstić information content (AvgIpc) is 2.48. The summed E-state index contributed by atoms with van der Waals surface area (Å²) < 4.78 is 5.38. The highest BCUT2D eigenvalue weighted by Crippen LogP contribution is 2.23. The van der Waals surface area contributed by atoms with Gasteiger partial charge in [-0.15, -0.1) is 0 Å². The number of hydrogen-bond acceptors (Lipinski definition) is 4. The minimum Gasteiger partial charge on any atom is -0.494 e. The van der Waals surface area contributed by atoms with Gasteiger partial charge in [0, 0.05) is 23.9 Å². The van der Waals surface area contributed by atoms with E-state index in [9.17, 15) is 10.1 Å². The van der Waals surface area contributed by atoms with Crippen molar-refractivity contribution in [2.24, 2.45) is 0 Å². The van der Waals surface area contributed by atoms with Crippen LogP contribution >= 0.6 is 0 Å². The van der Waals surface area contributed by atoms with Crippen LogP contribution in [0.1, 0.15) is 18.1 Å². The lowest BCUT2D eigenvalue weighted by atomic mass is 10.1. The lowest BCUT2D eigenvalue weighted by Crippen LogP contribution is -2.01. The zero-order valence-electron chi connectivity index (χ0n) is 12.1. The van der Waals surface area contributed by atoms with Crippen LogP contribution in [-0.2, 0) is 6.54 Å². The summed E-state index contributed by atoms with van der Waals surface area (Å²) in [5.41, 5.74) is 2.61. The van der Waals surface area contributed by atoms with E-state index in [-0.39, 0.29) is 10.6 Å². The summed E-state index contributed by atoms with van der Waals surface area (Å²) in [4.78, 5) is 10.5. The first-order chi connectivity index (χ1) is 10.1. The van der Waals surface area contributed by atoms with E-state index in [4.69, 9.17) is 4.74 Å². The Labute approximate surface area is 123 Å². The first-order valence-corrected chi connectivity index (χ1v) is 6.81. The molecule has 0 radical (unpaired) electrons. The lowest BCUT2D eigenvalue weighted by Gasteiger charge is -2.08. The molecule has 21 heavy (non-hydrogen) atoms. The maximum atomic E-state index is 10.9. The third kappa shape index (κ3) is 3.95. The monoisotopic (exact) mass is 286 g/mol. The van der Waals surface area contributed by atoms with Gasteiger partial charge in [-0.2, -0.15) is 0 Å². The van der Waals surface area contributed by atoms with Crippen molar-refractivity contribution < 1.29 is 9.66 Å². The summed E-state index contributed by atoms with van der Waals surface area (Å²) >= 11 is 0. The van der Waals surface area contributed by atoms with Crippen LogP contribution in [0.2, 0.25) is 0 Å². The Bertz CT molecular complexity index is 624. The number of ether oxygens (including phenoxy) is 1. The number of aryl methyl sites for hydroxylation is 1. The molecule has 0 aliphatic heterocycles. The molecule has 0 atom stereocenters. The lowest BCUT2D eigenvalue weighted by molar-refractivity contribution is -0.385. The molecule has 2 aromatic carbocycles. The van der Waals surface area contributed by atoms with E-state index < -0.39 is 0 Å². The van der Waals surface area contributed by atoms with Gasteiger partial charge in [-0.25, -0.2) is 0 Å². The Morgan fingerprint density at radius 3 is 2.52 bits per heavy atom. The van der Waals surface area contributed by atoms with Crippen molar-refractivity contribution in [3.8, 4) is 5.75 Å². The highest BCUT2D eigenvalue weighted by molar-refractivity contribution is 5.55. The van der Waals surface area contributed by atoms with Gasteiger partial charge in [0.2, 0.25) is 0 Å². The Hall–Kier alpha value is -2.56. The molecule has 2 rings (SSSR count). The van der Waals surface area contributed by atoms with Crippen LogP contribution in [0, 0.1) is 17.0 Å². The van der Waals surface area contributed by atoms with Crippen molar-refractivity contribution in [3.63, 3.8) is 0 Å². The Morgan fingerprint density at radius 2 is 1.90 bits per heavy atom. The van der Waals surface area contributed by atoms with Crippen molar-refractivity contribution in [3.05, 3.63) is 63.7 Å². The molecule has 0 fully saturated rings. The van der Waals surface area contributed by atoms with Crippen LogP contribution in [0.25, 0.3) is 0 Å². The number of rotatable bonds is 6. The number of nitrogens with one attached hydrogen (secondary N) is 1. The van der Waals surface area contributed by atoms with Gasteiger partial charge in [0.25, 0.3) is 5.69 Å². The number of nitro benzene ring substituents is 1. The normalized spacial score (nSPS) is 10.2. The van der Waals surface area contributed by atoms with E-state index in [1.54, 1.807) is 19.1 Å². The molecule has 5 nitrogen and oxygen atoms in total. The largest absolute Gasteiger partial charge is 0.494 e. The maximum absolute atomic E-state index is 10.9. The van der Waals surface area contributed by atoms with E-state index in [1.165, 1.54) is 0 Å². The fourth-order valence-electron chi connectivity index (χ4n) is 1.99. The number of nitrogens with zero attached hydrogens (tertiary/aromatic N) is 1. The summed E-state index contributed by atoms with van der Waals surface area (Å²) in [6.45, 7) is 4.92. The third-order valence-electron chi connectivity index (χ3n) is 3.14. The van der Waals surface area contributed by atoms with E-state index in [1.807, 2.05) is 37.3 Å². The molecule has 0 amide bonds. The molecule has 0 bridgehead atoms. The molecule has 5 heteroatoms. The minimum atomic E-state index is -0.364. The molecular formula is C16H18N2O3. The number of hydrogen-bond donors (Lipinski definition) is 1. The molecule has 1 N–H and O–H groups in total. The smallest absolute Gasteiger partial charge is 0.274 e. The zero-order valence-corrected chi connectivity index (χ0v) is 12.1. The van der Waals surface area contributed by atoms with Crippen LogP contribution in [-0.4, -0.2) is 11.5 Å². The van der Waals surface area contributed by atoms with Crippen LogP contribution < -0.4 is 10.1 Å². The molecule has 0 aliphatic carbocycles. The maximum Gasteiger partial charge on any atom is 0.274 e. The molecule has 0 heterocycles. The van der Waals surface area contributed by atoms with E-state index in [2.05, 4.69) is 5.32 Å². The predicted molar refractivity (Wildman–Crippen MR) is 82.8 cm³/mol. The molecule has 0 spiro atoms. The van der Waals surface area contributed by atoms with Crippen molar-refractivity contribution in [1.29, 1.82) is 0 Å². The van der Waals surface area contributed by atoms with Gasteiger partial charge in [-0.05, 0) is 37.6 Å². The minimum absolute atomic E-state index is 0.131. The summed E-state index contributed by atoms with van der Waals surface area (Å²) in [7, 11) is 0. The summed E-state index contributed by atoms with van der Waals surface area (Å²) in [6.07, 6.45) is 0. The van der Waals surface area contributed by atoms with Crippen LogP contribution in [0.5, 0.6) is 5.75 Å². The van der Waals surface area contributed by atoms with Gasteiger partial charge in [0.15, 0.2) is 0 Å². The van der Waals surface area contributed by atoms with Crippen molar-refractivity contribution in [1.82, 2.24) is 0 Å². The van der Waals surface area contributed by atoms with E-state index in [0.717, 1.165) is 17.0 Å². The second kappa shape index (κ2) is 6.74. The van der Waals surface area contributed by atoms with Gasteiger partial charge >= 0.3 is 0 Å². The topological polar surface area (TPSA) is 64.4 Å². The van der Waals surface area contributed by atoms with Crippen LogP contribution in [0.15, 0.2) is 42.5 Å². The van der Waals surface area contributed by atoms with Crippen molar-refractivity contribution >= 4 is 11.4 Å². The standard InChI is InChI=1S/C16H18N2O3/c1-3-21-15-8-5-13(6-9-15)11-17-14-7-4-12(2)16(10-14)18(19)20/h4-10,17H,3,11H2,1-2H3. The second-order valence-corrected chi connectivity index (χ2v) is 4.69. The SMILES string of the molecule is CCOc1ccc(CNc2ccc(C)c([N+](=O)[O-])c2)cc1. The van der Waals surface area contributed by atoms with Crippen LogP contribution in [0.4, 0.5) is 11.4 Å². The second-order valence-electron chi connectivity index (χ2n) is 4.69. The van der Waals surface area contributed by atoms with Crippen molar-refractivity contribution in [2.45, 2.75) is 20.4 Å². The Morgan fingerprint density at radius 1 is 1.19 bits per heavy atom. The molecule has 0 unspecified atom stereocenters. The first kappa shape index (κ1) is 14.8. The highest BCUT2D eigenvalue weighted by atomic mass is 16.6. The van der Waals surface area contributed by atoms with Crippen molar-refractivity contribution in [2.75, 3.05) is 11.9 Å². The molecule has 110 valence electrons. The van der Waals surface area contributed by atoms with Gasteiger partial charge in [0.05, 0.1) is 11.5 Å². The summed E-state index contributed by atoms with van der Waals surface area (Å²) in [5.74, 6) is 0.840. The van der Waals surface area contributed by atoms with Gasteiger partial charge in [-0.1, -0.05) is 18.2 Å². The fraction of sp³-hybridized carbons (Fsp3) is 0.250. The molecule has 0 saturated carbocycles. The van der Waals surface area contributed by atoms with Crippen LogP contribution in [0.3, 0.4) is 0 Å². The van der Waals surface area contributed by atoms with Gasteiger partial charge < -0.3 is 10.1 Å². The van der Waals surface area contributed by atoms with E-state index >= 15 is 0 Å². The molecule has 2 aromatic rings. The molecule has 0 aliphatic rings. The Balaban J connectivity index is 2.02. The number of anilines is 1. The fourth-order valence-corrected chi connectivity index (χ4v) is 1.99. The quantitative estimate of drug-likeness (QED) is 0.646. The summed E-state index contributed by atoms with van der Waals surface area (Å²) in [6, 6.07) is 12.9. The summed E-state index contributed by atoms with van der Waals surface area (Å²) in [5, 5.41) is 14.1. The molecule has 0 aromatic heterocycles. The third-order valence-corrected chi connectivity index (χ3v) is 3.14. The zero-order chi connectivity index (χ0) is 15.2. The number of nitro groups is 1. The van der Waals surface area contributed by atoms with E-state index in [0.29, 0.717) is 18.7 Å². The molecular weight excluding hydrogens is 268 g/mol. The Kier molecular flexibility index (Phi) is 4.77. The van der Waals surface area contributed by atoms with Gasteiger partial charge in [0.1, 0.15) is 5.75 Å². The predicted octanol–water partition coefficient (Wildman–Crippen LogP) is 3.91. The number of benzene rings is 2. The first-order valence-electron chi connectivity index (χ1n) is 6.81. The highest BCUT2D eigenvalue weighted by Gasteiger charge is 2.10. The molecule has 0 saturated heterocycles.